The quantitative estimate of drug-likeness (QED) is 0.716. The zero-order valence-corrected chi connectivity index (χ0v) is 10.5. The lowest BCUT2D eigenvalue weighted by molar-refractivity contribution is 0.106. The Balaban J connectivity index is 2.02. The molecule has 0 saturated heterocycles. The number of nitrogen functional groups attached to an aromatic ring is 1. The van der Waals surface area contributed by atoms with Crippen molar-refractivity contribution in [3.63, 3.8) is 0 Å². The normalized spacial score (nSPS) is 12.1. The number of nitrogens with two attached hydrogens (primary N) is 1. The van der Waals surface area contributed by atoms with E-state index in [0.717, 1.165) is 0 Å². The van der Waals surface area contributed by atoms with Crippen LogP contribution in [0.1, 0.15) is 17.2 Å². The summed E-state index contributed by atoms with van der Waals surface area (Å²) in [6, 6.07) is 14.2. The number of aliphatic hydroxyl groups is 2. The van der Waals surface area contributed by atoms with Gasteiger partial charge in [-0.05, 0) is 23.8 Å². The van der Waals surface area contributed by atoms with Gasteiger partial charge in [-0.15, -0.1) is 0 Å². The first-order valence-corrected chi connectivity index (χ1v) is 6.06. The third kappa shape index (κ3) is 3.47. The molecular formula is C15H17NO3. The Kier molecular flexibility index (Phi) is 4.39. The number of hydrogen-bond acceptors (Lipinski definition) is 4. The minimum absolute atomic E-state index is 0.0927. The Morgan fingerprint density at radius 3 is 2.63 bits per heavy atom. The molecule has 1 unspecified atom stereocenters. The van der Waals surface area contributed by atoms with Crippen molar-refractivity contribution in [2.24, 2.45) is 0 Å². The van der Waals surface area contributed by atoms with Crippen LogP contribution in [0.2, 0.25) is 0 Å². The fourth-order valence-electron chi connectivity index (χ4n) is 1.81. The van der Waals surface area contributed by atoms with Crippen LogP contribution in [0.4, 0.5) is 5.69 Å². The van der Waals surface area contributed by atoms with Gasteiger partial charge in [0.2, 0.25) is 0 Å². The fraction of sp³-hybridized carbons (Fsp3) is 0.200. The molecule has 2 aromatic rings. The Morgan fingerprint density at radius 2 is 1.89 bits per heavy atom. The van der Waals surface area contributed by atoms with Gasteiger partial charge >= 0.3 is 0 Å². The largest absolute Gasteiger partial charge is 0.490 e. The van der Waals surface area contributed by atoms with Gasteiger partial charge in [-0.3, -0.25) is 0 Å². The van der Waals surface area contributed by atoms with Crippen LogP contribution < -0.4 is 10.5 Å². The van der Waals surface area contributed by atoms with Crippen molar-refractivity contribution in [1.29, 1.82) is 0 Å². The second-order valence-electron chi connectivity index (χ2n) is 4.26. The second-order valence-corrected chi connectivity index (χ2v) is 4.26. The van der Waals surface area contributed by atoms with Crippen molar-refractivity contribution in [1.82, 2.24) is 0 Å². The molecule has 4 heteroatoms. The summed E-state index contributed by atoms with van der Waals surface area (Å²) < 4.78 is 5.53. The molecule has 0 aliphatic heterocycles. The molecule has 19 heavy (non-hydrogen) atoms. The molecular weight excluding hydrogens is 242 g/mol. The van der Waals surface area contributed by atoms with Gasteiger partial charge in [0.1, 0.15) is 18.5 Å². The molecule has 2 aromatic carbocycles. The maximum absolute atomic E-state index is 10.0. The summed E-state index contributed by atoms with van der Waals surface area (Å²) in [5, 5.41) is 19.2. The maximum Gasteiger partial charge on any atom is 0.124 e. The maximum atomic E-state index is 10.0. The number of hydrogen-bond donors (Lipinski definition) is 3. The third-order valence-electron chi connectivity index (χ3n) is 2.84. The zero-order valence-electron chi connectivity index (χ0n) is 10.5. The molecule has 0 saturated carbocycles. The minimum Gasteiger partial charge on any atom is -0.490 e. The highest BCUT2D eigenvalue weighted by atomic mass is 16.5. The number of anilines is 1. The minimum atomic E-state index is -0.754. The van der Waals surface area contributed by atoms with Crippen molar-refractivity contribution < 1.29 is 14.9 Å². The first kappa shape index (κ1) is 13.4. The summed E-state index contributed by atoms with van der Waals surface area (Å²) in [6.07, 6.45) is -0.754. The molecule has 0 aliphatic carbocycles. The van der Waals surface area contributed by atoms with E-state index >= 15 is 0 Å². The molecule has 4 N–H and O–H groups in total. The van der Waals surface area contributed by atoms with Crippen molar-refractivity contribution in [3.8, 4) is 5.75 Å². The molecule has 0 bridgehead atoms. The Morgan fingerprint density at radius 1 is 1.11 bits per heavy atom. The Labute approximate surface area is 112 Å². The van der Waals surface area contributed by atoms with E-state index in [4.69, 9.17) is 10.5 Å². The van der Waals surface area contributed by atoms with Gasteiger partial charge in [0.05, 0.1) is 6.61 Å². The topological polar surface area (TPSA) is 75.7 Å². The van der Waals surface area contributed by atoms with Crippen LogP contribution >= 0.6 is 0 Å². The summed E-state index contributed by atoms with van der Waals surface area (Å²) in [5.41, 5.74) is 7.67. The van der Waals surface area contributed by atoms with E-state index in [-0.39, 0.29) is 13.2 Å². The number of ether oxygens (including phenoxy) is 1. The van der Waals surface area contributed by atoms with E-state index in [1.807, 2.05) is 12.1 Å². The van der Waals surface area contributed by atoms with Crippen LogP contribution in [0.15, 0.2) is 48.5 Å². The first-order valence-electron chi connectivity index (χ1n) is 6.06. The van der Waals surface area contributed by atoms with E-state index in [1.165, 1.54) is 0 Å². The monoisotopic (exact) mass is 259 g/mol. The number of aliphatic hydroxyl groups excluding tert-OH is 2. The van der Waals surface area contributed by atoms with E-state index in [9.17, 15) is 10.2 Å². The zero-order chi connectivity index (χ0) is 13.7. The lowest BCUT2D eigenvalue weighted by Gasteiger charge is -2.14. The van der Waals surface area contributed by atoms with Crippen LogP contribution in [0.5, 0.6) is 5.75 Å². The molecule has 0 amide bonds. The molecule has 0 aromatic heterocycles. The third-order valence-corrected chi connectivity index (χ3v) is 2.84. The van der Waals surface area contributed by atoms with Crippen LogP contribution in [0.3, 0.4) is 0 Å². The number of benzene rings is 2. The van der Waals surface area contributed by atoms with Gasteiger partial charge in [-0.2, -0.15) is 0 Å². The lowest BCUT2D eigenvalue weighted by Crippen LogP contribution is -2.10. The van der Waals surface area contributed by atoms with Gasteiger partial charge in [0, 0.05) is 11.3 Å². The van der Waals surface area contributed by atoms with Crippen molar-refractivity contribution in [2.45, 2.75) is 12.7 Å². The van der Waals surface area contributed by atoms with Gasteiger partial charge in [0.15, 0.2) is 0 Å². The van der Waals surface area contributed by atoms with Crippen LogP contribution in [0.25, 0.3) is 0 Å². The predicted molar refractivity (Wildman–Crippen MR) is 73.7 cm³/mol. The van der Waals surface area contributed by atoms with E-state index in [0.29, 0.717) is 22.6 Å². The molecule has 0 fully saturated rings. The standard InChI is InChI=1S/C15H17NO3/c16-13-6-3-5-11(8-13)14(18)10-19-15-7-2-1-4-12(15)9-17/h1-8,14,17-18H,9-10,16H2. The summed E-state index contributed by atoms with van der Waals surface area (Å²) in [6.45, 7) is 0.0189. The highest BCUT2D eigenvalue weighted by molar-refractivity contribution is 5.41. The molecule has 2 rings (SSSR count). The summed E-state index contributed by atoms with van der Waals surface area (Å²) in [5.74, 6) is 0.577. The van der Waals surface area contributed by atoms with Crippen molar-refractivity contribution >= 4 is 5.69 Å². The Hall–Kier alpha value is -2.04. The molecule has 0 heterocycles. The molecule has 0 radical (unpaired) electrons. The van der Waals surface area contributed by atoms with Crippen LogP contribution in [0, 0.1) is 0 Å². The number of rotatable bonds is 5. The van der Waals surface area contributed by atoms with Crippen molar-refractivity contribution in [3.05, 3.63) is 59.7 Å². The fourth-order valence-corrected chi connectivity index (χ4v) is 1.81. The van der Waals surface area contributed by atoms with Gasteiger partial charge < -0.3 is 20.7 Å². The Bertz CT molecular complexity index is 542. The summed E-state index contributed by atoms with van der Waals surface area (Å²) in [4.78, 5) is 0. The summed E-state index contributed by atoms with van der Waals surface area (Å²) >= 11 is 0. The average Bonchev–Trinajstić information content (AvgIpc) is 2.45. The highest BCUT2D eigenvalue weighted by Crippen LogP contribution is 2.21. The molecule has 1 atom stereocenters. The molecule has 100 valence electrons. The highest BCUT2D eigenvalue weighted by Gasteiger charge is 2.10. The predicted octanol–water partition coefficient (Wildman–Crippen LogP) is 1.87. The number of para-hydroxylation sites is 1. The molecule has 0 aliphatic rings. The van der Waals surface area contributed by atoms with E-state index < -0.39 is 6.10 Å². The summed E-state index contributed by atoms with van der Waals surface area (Å²) in [7, 11) is 0. The lowest BCUT2D eigenvalue weighted by atomic mass is 10.1. The SMILES string of the molecule is Nc1cccc(C(O)COc2ccccc2CO)c1. The van der Waals surface area contributed by atoms with Crippen LogP contribution in [-0.2, 0) is 6.61 Å². The van der Waals surface area contributed by atoms with E-state index in [1.54, 1.807) is 36.4 Å². The van der Waals surface area contributed by atoms with Crippen molar-refractivity contribution in [2.75, 3.05) is 12.3 Å². The van der Waals surface area contributed by atoms with Gasteiger partial charge in [0.25, 0.3) is 0 Å². The van der Waals surface area contributed by atoms with Crippen LogP contribution in [-0.4, -0.2) is 16.8 Å². The van der Waals surface area contributed by atoms with Gasteiger partial charge in [-0.1, -0.05) is 30.3 Å². The first-order chi connectivity index (χ1) is 9.20. The van der Waals surface area contributed by atoms with Gasteiger partial charge in [-0.25, -0.2) is 0 Å². The average molecular weight is 259 g/mol. The molecule has 0 spiro atoms. The smallest absolute Gasteiger partial charge is 0.124 e. The van der Waals surface area contributed by atoms with E-state index in [2.05, 4.69) is 0 Å². The second kappa shape index (κ2) is 6.22. The molecule has 4 nitrogen and oxygen atoms in total.